The van der Waals surface area contributed by atoms with Crippen LogP contribution in [0.3, 0.4) is 0 Å². The lowest BCUT2D eigenvalue weighted by molar-refractivity contribution is 0.129. The van der Waals surface area contributed by atoms with Gasteiger partial charge in [0.15, 0.2) is 0 Å². The van der Waals surface area contributed by atoms with Crippen LogP contribution < -0.4 is 10.5 Å². The van der Waals surface area contributed by atoms with Gasteiger partial charge in [0, 0.05) is 18.1 Å². The molecule has 0 aliphatic carbocycles. The lowest BCUT2D eigenvalue weighted by atomic mass is 10.1. The van der Waals surface area contributed by atoms with Crippen molar-refractivity contribution in [1.29, 1.82) is 5.41 Å². The molecule has 1 unspecified atom stereocenters. The van der Waals surface area contributed by atoms with Crippen molar-refractivity contribution in [3.8, 4) is 5.75 Å². The van der Waals surface area contributed by atoms with E-state index in [0.717, 1.165) is 18.1 Å². The van der Waals surface area contributed by atoms with Crippen LogP contribution in [-0.2, 0) is 10.5 Å². The first kappa shape index (κ1) is 14.2. The van der Waals surface area contributed by atoms with Crippen LogP contribution in [-0.4, -0.2) is 31.4 Å². The molecule has 0 aromatic heterocycles. The van der Waals surface area contributed by atoms with E-state index in [2.05, 4.69) is 0 Å². The van der Waals surface area contributed by atoms with Crippen molar-refractivity contribution in [2.45, 2.75) is 24.7 Å². The van der Waals surface area contributed by atoms with Gasteiger partial charge in [-0.1, -0.05) is 6.07 Å². The number of thioether (sulfide) groups is 1. The highest BCUT2D eigenvalue weighted by Gasteiger charge is 2.15. The number of methoxy groups -OCH3 is 1. The average molecular weight is 280 g/mol. The quantitative estimate of drug-likeness (QED) is 0.620. The molecule has 0 saturated carbocycles. The van der Waals surface area contributed by atoms with Crippen LogP contribution in [0.2, 0.25) is 0 Å². The number of nitrogens with two attached hydrogens (primary N) is 1. The summed E-state index contributed by atoms with van der Waals surface area (Å²) < 4.78 is 10.9. The van der Waals surface area contributed by atoms with Crippen LogP contribution in [0.1, 0.15) is 24.0 Å². The second-order valence-electron chi connectivity index (χ2n) is 4.60. The minimum absolute atomic E-state index is 0.0374. The van der Waals surface area contributed by atoms with E-state index in [1.807, 2.05) is 30.0 Å². The summed E-state index contributed by atoms with van der Waals surface area (Å²) in [5, 5.41) is 7.48. The fraction of sp³-hybridized carbons (Fsp3) is 0.500. The largest absolute Gasteiger partial charge is 0.496 e. The molecule has 1 aromatic carbocycles. The van der Waals surface area contributed by atoms with E-state index < -0.39 is 0 Å². The summed E-state index contributed by atoms with van der Waals surface area (Å²) >= 11 is 1.87. The van der Waals surface area contributed by atoms with Crippen LogP contribution in [0.15, 0.2) is 18.2 Å². The van der Waals surface area contributed by atoms with E-state index >= 15 is 0 Å². The molecule has 0 radical (unpaired) electrons. The molecular weight excluding hydrogens is 260 g/mol. The summed E-state index contributed by atoms with van der Waals surface area (Å²) in [4.78, 5) is 0. The summed E-state index contributed by atoms with van der Waals surface area (Å²) in [5.74, 6) is 2.67. The Bertz CT molecular complexity index is 445. The van der Waals surface area contributed by atoms with Crippen molar-refractivity contribution in [2.75, 3.05) is 19.5 Å². The van der Waals surface area contributed by atoms with Gasteiger partial charge in [-0.15, -0.1) is 0 Å². The molecule has 4 nitrogen and oxygen atoms in total. The Morgan fingerprint density at radius 1 is 1.58 bits per heavy atom. The number of benzene rings is 1. The molecule has 1 saturated heterocycles. The van der Waals surface area contributed by atoms with Crippen molar-refractivity contribution in [2.24, 2.45) is 5.73 Å². The molecule has 5 heteroatoms. The highest BCUT2D eigenvalue weighted by molar-refractivity contribution is 7.98. The van der Waals surface area contributed by atoms with Gasteiger partial charge < -0.3 is 15.2 Å². The fourth-order valence-electron chi connectivity index (χ4n) is 2.13. The monoisotopic (exact) mass is 280 g/mol. The van der Waals surface area contributed by atoms with Crippen molar-refractivity contribution >= 4 is 17.6 Å². The van der Waals surface area contributed by atoms with Crippen molar-refractivity contribution in [3.05, 3.63) is 29.3 Å². The molecule has 1 aromatic rings. The number of nitrogen functional groups attached to an aromatic ring is 1. The summed E-state index contributed by atoms with van der Waals surface area (Å²) in [6.45, 7) is 0.909. The van der Waals surface area contributed by atoms with Gasteiger partial charge in [0.2, 0.25) is 0 Å². The number of hydrogen-bond donors (Lipinski definition) is 2. The lowest BCUT2D eigenvalue weighted by Crippen LogP contribution is -2.12. The molecule has 1 aliphatic rings. The third-order valence-electron chi connectivity index (χ3n) is 3.15. The van der Waals surface area contributed by atoms with Gasteiger partial charge in [-0.25, -0.2) is 0 Å². The molecule has 0 amide bonds. The molecule has 1 aliphatic heterocycles. The number of ether oxygens (including phenoxy) is 2. The Balaban J connectivity index is 1.91. The number of rotatable bonds is 6. The van der Waals surface area contributed by atoms with Gasteiger partial charge in [0.1, 0.15) is 11.6 Å². The van der Waals surface area contributed by atoms with E-state index in [4.69, 9.17) is 20.6 Å². The second-order valence-corrected chi connectivity index (χ2v) is 5.63. The molecule has 2 rings (SSSR count). The Morgan fingerprint density at radius 2 is 2.42 bits per heavy atom. The summed E-state index contributed by atoms with van der Waals surface area (Å²) in [6, 6.07) is 5.81. The van der Waals surface area contributed by atoms with Crippen LogP contribution >= 0.6 is 11.8 Å². The Hall–Kier alpha value is -1.20. The van der Waals surface area contributed by atoms with Crippen LogP contribution in [0.5, 0.6) is 5.75 Å². The maximum Gasteiger partial charge on any atom is 0.130 e. The molecule has 1 atom stereocenters. The number of amidine groups is 1. The minimum atomic E-state index is 0.0374. The predicted octanol–water partition coefficient (Wildman–Crippen LogP) is 2.39. The standard InChI is InChI=1S/C14H20N2O2S/c1-17-13-7-10(4-5-12(13)14(15)16)8-19-9-11-3-2-6-18-11/h4-5,7,11H,2-3,6,8-9H2,1H3,(H3,15,16). The van der Waals surface area contributed by atoms with Gasteiger partial charge in [-0.2, -0.15) is 11.8 Å². The van der Waals surface area contributed by atoms with Crippen LogP contribution in [0.4, 0.5) is 0 Å². The third kappa shape index (κ3) is 3.88. The SMILES string of the molecule is COc1cc(CSCC2CCCO2)ccc1C(=N)N. The molecule has 19 heavy (non-hydrogen) atoms. The van der Waals surface area contributed by atoms with E-state index in [1.54, 1.807) is 7.11 Å². The smallest absolute Gasteiger partial charge is 0.130 e. The summed E-state index contributed by atoms with van der Waals surface area (Å²) in [6.07, 6.45) is 2.79. The number of nitrogens with one attached hydrogen (secondary N) is 1. The lowest BCUT2D eigenvalue weighted by Gasteiger charge is -2.11. The zero-order valence-corrected chi connectivity index (χ0v) is 12.0. The zero-order chi connectivity index (χ0) is 13.7. The Labute approximate surface area is 118 Å². The Morgan fingerprint density at radius 3 is 3.05 bits per heavy atom. The van der Waals surface area contributed by atoms with Crippen molar-refractivity contribution in [3.63, 3.8) is 0 Å². The van der Waals surface area contributed by atoms with Crippen LogP contribution in [0.25, 0.3) is 0 Å². The Kier molecular flexibility index (Phi) is 5.10. The maximum absolute atomic E-state index is 7.48. The van der Waals surface area contributed by atoms with Gasteiger partial charge in [0.05, 0.1) is 18.8 Å². The fourth-order valence-corrected chi connectivity index (χ4v) is 3.19. The second kappa shape index (κ2) is 6.82. The highest BCUT2D eigenvalue weighted by Crippen LogP contribution is 2.24. The van der Waals surface area contributed by atoms with Crippen LogP contribution in [0, 0.1) is 5.41 Å². The molecule has 0 spiro atoms. The topological polar surface area (TPSA) is 68.3 Å². The first-order valence-electron chi connectivity index (χ1n) is 6.41. The van der Waals surface area contributed by atoms with E-state index in [9.17, 15) is 0 Å². The normalized spacial score (nSPS) is 18.5. The maximum atomic E-state index is 7.48. The molecule has 3 N–H and O–H groups in total. The highest BCUT2D eigenvalue weighted by atomic mass is 32.2. The zero-order valence-electron chi connectivity index (χ0n) is 11.1. The van der Waals surface area contributed by atoms with E-state index in [0.29, 0.717) is 17.4 Å². The van der Waals surface area contributed by atoms with Crippen molar-refractivity contribution < 1.29 is 9.47 Å². The molecule has 104 valence electrons. The van der Waals surface area contributed by atoms with Gasteiger partial charge in [-0.3, -0.25) is 5.41 Å². The molecule has 1 heterocycles. The summed E-state index contributed by atoms with van der Waals surface area (Å²) in [5.41, 5.74) is 7.34. The summed E-state index contributed by atoms with van der Waals surface area (Å²) in [7, 11) is 1.60. The van der Waals surface area contributed by atoms with E-state index in [1.165, 1.54) is 18.4 Å². The third-order valence-corrected chi connectivity index (χ3v) is 4.30. The minimum Gasteiger partial charge on any atom is -0.496 e. The predicted molar refractivity (Wildman–Crippen MR) is 79.1 cm³/mol. The van der Waals surface area contributed by atoms with Gasteiger partial charge >= 0.3 is 0 Å². The van der Waals surface area contributed by atoms with Gasteiger partial charge in [-0.05, 0) is 30.5 Å². The van der Waals surface area contributed by atoms with E-state index in [-0.39, 0.29) is 5.84 Å². The molecule has 0 bridgehead atoms. The number of hydrogen-bond acceptors (Lipinski definition) is 4. The average Bonchev–Trinajstić information content (AvgIpc) is 2.91. The molecule has 1 fully saturated rings. The first-order chi connectivity index (χ1) is 9.20. The first-order valence-corrected chi connectivity index (χ1v) is 7.57. The van der Waals surface area contributed by atoms with Crippen molar-refractivity contribution in [1.82, 2.24) is 0 Å². The van der Waals surface area contributed by atoms with Gasteiger partial charge in [0.25, 0.3) is 0 Å². The molecular formula is C14H20N2O2S.